The molecule has 2 rings (SSSR count). The van der Waals surface area contributed by atoms with Crippen molar-refractivity contribution in [3.05, 3.63) is 0 Å². The molecule has 1 heterocycles. The lowest BCUT2D eigenvalue weighted by Crippen LogP contribution is -2.32. The van der Waals surface area contributed by atoms with Gasteiger partial charge in [0.15, 0.2) is 0 Å². The van der Waals surface area contributed by atoms with Crippen LogP contribution in [0.3, 0.4) is 0 Å². The van der Waals surface area contributed by atoms with Gasteiger partial charge in [-0.3, -0.25) is 0 Å². The third-order valence-corrected chi connectivity index (χ3v) is 4.91. The van der Waals surface area contributed by atoms with E-state index in [-0.39, 0.29) is 0 Å². The Kier molecular flexibility index (Phi) is 3.31. The molecule has 2 heteroatoms. The highest BCUT2D eigenvalue weighted by molar-refractivity contribution is 9.09. The summed E-state index contributed by atoms with van der Waals surface area (Å²) in [5, 5.41) is 1.20. The summed E-state index contributed by atoms with van der Waals surface area (Å²) >= 11 is 3.65. The lowest BCUT2D eigenvalue weighted by atomic mass is 9.67. The van der Waals surface area contributed by atoms with E-state index in [1.54, 1.807) is 0 Å². The van der Waals surface area contributed by atoms with Crippen LogP contribution in [0.5, 0.6) is 0 Å². The molecule has 0 radical (unpaired) electrons. The Labute approximate surface area is 89.4 Å². The lowest BCUT2D eigenvalue weighted by molar-refractivity contribution is 0.0717. The summed E-state index contributed by atoms with van der Waals surface area (Å²) in [6.45, 7) is 1.01. The average molecular weight is 247 g/mol. The number of rotatable bonds is 4. The molecular formula is C11H19BrO. The van der Waals surface area contributed by atoms with Crippen molar-refractivity contribution in [3.8, 4) is 0 Å². The fraction of sp³-hybridized carbons (Fsp3) is 1.00. The summed E-state index contributed by atoms with van der Waals surface area (Å²) in [7, 11) is 0. The Morgan fingerprint density at radius 2 is 2.15 bits per heavy atom. The second-order valence-corrected chi connectivity index (χ2v) is 5.22. The van der Waals surface area contributed by atoms with Crippen LogP contribution in [0.15, 0.2) is 0 Å². The van der Waals surface area contributed by atoms with Crippen LogP contribution in [0.25, 0.3) is 0 Å². The average Bonchev–Trinajstić information content (AvgIpc) is 2.56. The molecule has 0 N–H and O–H groups in total. The van der Waals surface area contributed by atoms with E-state index >= 15 is 0 Å². The molecule has 2 aliphatic rings. The van der Waals surface area contributed by atoms with E-state index in [4.69, 9.17) is 4.74 Å². The van der Waals surface area contributed by atoms with Crippen molar-refractivity contribution < 1.29 is 4.74 Å². The van der Waals surface area contributed by atoms with Crippen LogP contribution in [0.4, 0.5) is 0 Å². The number of hydrogen-bond donors (Lipinski definition) is 0. The molecular weight excluding hydrogens is 228 g/mol. The Hall–Kier alpha value is 0.440. The maximum absolute atomic E-state index is 5.65. The predicted octanol–water partition coefficient (Wildman–Crippen LogP) is 3.51. The molecule has 0 aromatic carbocycles. The zero-order chi connectivity index (χ0) is 9.15. The van der Waals surface area contributed by atoms with Gasteiger partial charge in [0.25, 0.3) is 0 Å². The Morgan fingerprint density at radius 3 is 2.62 bits per heavy atom. The van der Waals surface area contributed by atoms with E-state index in [2.05, 4.69) is 15.9 Å². The topological polar surface area (TPSA) is 9.23 Å². The summed E-state index contributed by atoms with van der Waals surface area (Å²) in [6.07, 6.45) is 10.2. The fourth-order valence-electron chi connectivity index (χ4n) is 2.47. The molecule has 1 saturated carbocycles. The molecule has 0 spiro atoms. The largest absolute Gasteiger partial charge is 0.378 e. The van der Waals surface area contributed by atoms with Gasteiger partial charge in [0.2, 0.25) is 0 Å². The minimum atomic E-state index is 0.594. The van der Waals surface area contributed by atoms with Gasteiger partial charge >= 0.3 is 0 Å². The second kappa shape index (κ2) is 4.31. The van der Waals surface area contributed by atoms with Gasteiger partial charge in [0.05, 0.1) is 6.10 Å². The van der Waals surface area contributed by atoms with Gasteiger partial charge in [-0.2, -0.15) is 0 Å². The monoisotopic (exact) mass is 246 g/mol. The molecule has 0 amide bonds. The Bertz CT molecular complexity index is 154. The smallest absolute Gasteiger partial charge is 0.0576 e. The third-order valence-electron chi connectivity index (χ3n) is 3.72. The van der Waals surface area contributed by atoms with Crippen LogP contribution in [0.1, 0.15) is 44.9 Å². The van der Waals surface area contributed by atoms with Crippen molar-refractivity contribution >= 4 is 15.9 Å². The van der Waals surface area contributed by atoms with Crippen LogP contribution < -0.4 is 0 Å². The van der Waals surface area contributed by atoms with Crippen molar-refractivity contribution in [2.24, 2.45) is 5.41 Å². The molecule has 1 nitrogen and oxygen atoms in total. The van der Waals surface area contributed by atoms with Gasteiger partial charge < -0.3 is 4.74 Å². The summed E-state index contributed by atoms with van der Waals surface area (Å²) in [6, 6.07) is 0. The van der Waals surface area contributed by atoms with Crippen LogP contribution in [0.2, 0.25) is 0 Å². The molecule has 1 aliphatic carbocycles. The van der Waals surface area contributed by atoms with E-state index < -0.39 is 0 Å². The van der Waals surface area contributed by atoms with Crippen molar-refractivity contribution in [1.29, 1.82) is 0 Å². The van der Waals surface area contributed by atoms with Gasteiger partial charge in [-0.1, -0.05) is 22.4 Å². The second-order valence-electron chi connectivity index (χ2n) is 4.66. The van der Waals surface area contributed by atoms with Crippen LogP contribution in [0, 0.1) is 5.41 Å². The molecule has 0 aromatic rings. The molecule has 0 aromatic heterocycles. The first-order valence-corrected chi connectivity index (χ1v) is 6.64. The summed E-state index contributed by atoms with van der Waals surface area (Å²) in [5.41, 5.74) is 0.659. The van der Waals surface area contributed by atoms with Crippen molar-refractivity contribution in [3.63, 3.8) is 0 Å². The molecule has 2 fully saturated rings. The Balaban J connectivity index is 1.71. The molecule has 13 heavy (non-hydrogen) atoms. The Morgan fingerprint density at radius 1 is 1.31 bits per heavy atom. The highest BCUT2D eigenvalue weighted by Crippen LogP contribution is 2.46. The van der Waals surface area contributed by atoms with Crippen LogP contribution in [-0.2, 0) is 4.74 Å². The van der Waals surface area contributed by atoms with E-state index in [1.807, 2.05) is 0 Å². The quantitative estimate of drug-likeness (QED) is 0.691. The SMILES string of the molecule is BrCC1(CCC2CCCO2)CCC1. The highest BCUT2D eigenvalue weighted by Gasteiger charge is 2.36. The fourth-order valence-corrected chi connectivity index (χ4v) is 3.31. The van der Waals surface area contributed by atoms with Crippen molar-refractivity contribution in [2.45, 2.75) is 51.0 Å². The maximum atomic E-state index is 5.65. The van der Waals surface area contributed by atoms with Crippen LogP contribution in [-0.4, -0.2) is 18.0 Å². The molecule has 1 unspecified atom stereocenters. The minimum absolute atomic E-state index is 0.594. The van der Waals surface area contributed by atoms with Gasteiger partial charge in [-0.25, -0.2) is 0 Å². The summed E-state index contributed by atoms with van der Waals surface area (Å²) < 4.78 is 5.65. The first kappa shape index (κ1) is 9.97. The highest BCUT2D eigenvalue weighted by atomic mass is 79.9. The number of ether oxygens (including phenoxy) is 1. The third kappa shape index (κ3) is 2.27. The first-order valence-electron chi connectivity index (χ1n) is 5.52. The molecule has 1 aliphatic heterocycles. The van der Waals surface area contributed by atoms with E-state index in [9.17, 15) is 0 Å². The van der Waals surface area contributed by atoms with Gasteiger partial charge in [0, 0.05) is 11.9 Å². The minimum Gasteiger partial charge on any atom is -0.378 e. The number of halogens is 1. The summed E-state index contributed by atoms with van der Waals surface area (Å²) in [4.78, 5) is 0. The normalized spacial score (nSPS) is 31.6. The molecule has 0 bridgehead atoms. The standard InChI is InChI=1S/C11H19BrO/c12-9-11(5-2-6-11)7-4-10-3-1-8-13-10/h10H,1-9H2. The van der Waals surface area contributed by atoms with Gasteiger partial charge in [-0.15, -0.1) is 0 Å². The molecule has 1 atom stereocenters. The van der Waals surface area contributed by atoms with E-state index in [1.165, 1.54) is 50.3 Å². The maximum Gasteiger partial charge on any atom is 0.0576 e. The number of hydrogen-bond acceptors (Lipinski definition) is 1. The van der Waals surface area contributed by atoms with E-state index in [0.29, 0.717) is 11.5 Å². The first-order chi connectivity index (χ1) is 6.35. The van der Waals surface area contributed by atoms with Crippen LogP contribution >= 0.6 is 15.9 Å². The zero-order valence-electron chi connectivity index (χ0n) is 8.23. The number of alkyl halides is 1. The summed E-state index contributed by atoms with van der Waals surface area (Å²) in [5.74, 6) is 0. The van der Waals surface area contributed by atoms with Gasteiger partial charge in [0.1, 0.15) is 0 Å². The predicted molar refractivity (Wildman–Crippen MR) is 58.3 cm³/mol. The van der Waals surface area contributed by atoms with Gasteiger partial charge in [-0.05, 0) is 43.9 Å². The molecule has 1 saturated heterocycles. The lowest BCUT2D eigenvalue weighted by Gasteiger charge is -2.41. The zero-order valence-corrected chi connectivity index (χ0v) is 9.81. The van der Waals surface area contributed by atoms with E-state index in [0.717, 1.165) is 6.61 Å². The molecule has 76 valence electrons. The van der Waals surface area contributed by atoms with Crippen molar-refractivity contribution in [1.82, 2.24) is 0 Å². The van der Waals surface area contributed by atoms with Crippen molar-refractivity contribution in [2.75, 3.05) is 11.9 Å².